The molecule has 0 aliphatic heterocycles. The van der Waals surface area contributed by atoms with Gasteiger partial charge in [-0.15, -0.1) is 0 Å². The maximum Gasteiger partial charge on any atom is 0.0548 e. The molecule has 2 rings (SSSR count). The molecule has 116 valence electrons. The topological polar surface area (TPSA) is 12.0 Å². The SMILES string of the molecule is CCCNC(/C1=C/CCCCCC1)c1ccc(Cl)c(Br)c1. The lowest BCUT2D eigenvalue weighted by Gasteiger charge is -2.24. The molecule has 0 fully saturated rings. The lowest BCUT2D eigenvalue weighted by Crippen LogP contribution is -2.24. The van der Waals surface area contributed by atoms with E-state index in [9.17, 15) is 0 Å². The van der Waals surface area contributed by atoms with Crippen LogP contribution in [0.5, 0.6) is 0 Å². The van der Waals surface area contributed by atoms with Crippen molar-refractivity contribution in [3.63, 3.8) is 0 Å². The lowest BCUT2D eigenvalue weighted by atomic mass is 9.91. The van der Waals surface area contributed by atoms with Gasteiger partial charge in [0, 0.05) is 4.47 Å². The van der Waals surface area contributed by atoms with E-state index in [4.69, 9.17) is 11.6 Å². The van der Waals surface area contributed by atoms with Gasteiger partial charge in [-0.2, -0.15) is 0 Å². The van der Waals surface area contributed by atoms with Crippen molar-refractivity contribution in [2.45, 2.75) is 57.9 Å². The lowest BCUT2D eigenvalue weighted by molar-refractivity contribution is 0.540. The monoisotopic (exact) mass is 369 g/mol. The minimum atomic E-state index is 0.330. The Bertz CT molecular complexity index is 484. The van der Waals surface area contributed by atoms with Crippen LogP contribution >= 0.6 is 27.5 Å². The predicted molar refractivity (Wildman–Crippen MR) is 96.0 cm³/mol. The predicted octanol–water partition coefficient (Wildman–Crippen LogP) is 6.42. The van der Waals surface area contributed by atoms with E-state index >= 15 is 0 Å². The third kappa shape index (κ3) is 5.12. The van der Waals surface area contributed by atoms with Crippen molar-refractivity contribution < 1.29 is 0 Å². The second-order valence-electron chi connectivity index (χ2n) is 5.79. The number of benzene rings is 1. The minimum Gasteiger partial charge on any atom is -0.307 e. The first-order valence-electron chi connectivity index (χ1n) is 8.09. The van der Waals surface area contributed by atoms with Gasteiger partial charge in [0.1, 0.15) is 0 Å². The summed E-state index contributed by atoms with van der Waals surface area (Å²) in [6.07, 6.45) is 11.4. The van der Waals surface area contributed by atoms with Crippen LogP contribution in [0.25, 0.3) is 0 Å². The van der Waals surface area contributed by atoms with Crippen molar-refractivity contribution in [2.75, 3.05) is 6.54 Å². The summed E-state index contributed by atoms with van der Waals surface area (Å²) in [4.78, 5) is 0. The Kier molecular flexibility index (Phi) is 7.28. The van der Waals surface area contributed by atoms with Gasteiger partial charge in [-0.05, 0) is 72.3 Å². The Morgan fingerprint density at radius 1 is 1.24 bits per heavy atom. The van der Waals surface area contributed by atoms with Gasteiger partial charge in [-0.25, -0.2) is 0 Å². The van der Waals surface area contributed by atoms with Crippen LogP contribution in [0.4, 0.5) is 0 Å². The molecule has 1 N–H and O–H groups in total. The highest BCUT2D eigenvalue weighted by molar-refractivity contribution is 9.10. The summed E-state index contributed by atoms with van der Waals surface area (Å²) in [6.45, 7) is 3.26. The molecule has 0 spiro atoms. The molecular formula is C18H25BrClN. The first-order valence-corrected chi connectivity index (χ1v) is 9.26. The second kappa shape index (κ2) is 8.97. The van der Waals surface area contributed by atoms with Crippen molar-refractivity contribution in [3.05, 3.63) is 44.9 Å². The molecule has 1 aliphatic rings. The van der Waals surface area contributed by atoms with Crippen LogP contribution in [0.15, 0.2) is 34.3 Å². The molecule has 0 aromatic heterocycles. The molecule has 0 saturated carbocycles. The Labute approximate surface area is 142 Å². The molecule has 3 heteroatoms. The van der Waals surface area contributed by atoms with E-state index in [2.05, 4.69) is 46.4 Å². The van der Waals surface area contributed by atoms with Gasteiger partial charge in [0.2, 0.25) is 0 Å². The van der Waals surface area contributed by atoms with Crippen molar-refractivity contribution in [3.8, 4) is 0 Å². The van der Waals surface area contributed by atoms with E-state index in [0.29, 0.717) is 6.04 Å². The molecule has 0 bridgehead atoms. The number of rotatable bonds is 5. The maximum atomic E-state index is 6.14. The zero-order chi connectivity index (χ0) is 15.1. The van der Waals surface area contributed by atoms with Crippen LogP contribution in [-0.2, 0) is 0 Å². The summed E-state index contributed by atoms with van der Waals surface area (Å²) >= 11 is 9.70. The molecule has 1 atom stereocenters. The zero-order valence-corrected chi connectivity index (χ0v) is 15.1. The van der Waals surface area contributed by atoms with Crippen LogP contribution in [0.2, 0.25) is 5.02 Å². The van der Waals surface area contributed by atoms with Crippen molar-refractivity contribution in [2.24, 2.45) is 0 Å². The first kappa shape index (κ1) is 17.1. The summed E-state index contributed by atoms with van der Waals surface area (Å²) < 4.78 is 0.983. The highest BCUT2D eigenvalue weighted by Gasteiger charge is 2.17. The van der Waals surface area contributed by atoms with Gasteiger partial charge in [0.25, 0.3) is 0 Å². The highest BCUT2D eigenvalue weighted by atomic mass is 79.9. The van der Waals surface area contributed by atoms with Crippen LogP contribution < -0.4 is 5.32 Å². The molecule has 1 aromatic carbocycles. The van der Waals surface area contributed by atoms with E-state index in [0.717, 1.165) is 22.5 Å². The number of hydrogen-bond donors (Lipinski definition) is 1. The van der Waals surface area contributed by atoms with Crippen LogP contribution in [0.1, 0.15) is 63.5 Å². The quantitative estimate of drug-likeness (QED) is 0.589. The molecular weight excluding hydrogens is 346 g/mol. The fraction of sp³-hybridized carbons (Fsp3) is 0.556. The largest absolute Gasteiger partial charge is 0.307 e. The number of halogens is 2. The Morgan fingerprint density at radius 3 is 2.81 bits per heavy atom. The fourth-order valence-electron chi connectivity index (χ4n) is 2.92. The number of allylic oxidation sites excluding steroid dienone is 1. The number of nitrogens with one attached hydrogen (secondary N) is 1. The number of hydrogen-bond acceptors (Lipinski definition) is 1. The van der Waals surface area contributed by atoms with Gasteiger partial charge in [0.05, 0.1) is 11.1 Å². The molecule has 0 saturated heterocycles. The fourth-order valence-corrected chi connectivity index (χ4v) is 3.44. The Hall–Kier alpha value is -0.310. The summed E-state index contributed by atoms with van der Waals surface area (Å²) in [5.41, 5.74) is 2.86. The van der Waals surface area contributed by atoms with E-state index in [1.54, 1.807) is 5.57 Å². The summed E-state index contributed by atoms with van der Waals surface area (Å²) in [7, 11) is 0. The van der Waals surface area contributed by atoms with Crippen molar-refractivity contribution in [1.82, 2.24) is 5.32 Å². The first-order chi connectivity index (χ1) is 10.2. The normalized spacial score (nSPS) is 20.2. The van der Waals surface area contributed by atoms with Gasteiger partial charge < -0.3 is 5.32 Å². The third-order valence-corrected chi connectivity index (χ3v) is 5.29. The maximum absolute atomic E-state index is 6.14. The van der Waals surface area contributed by atoms with Gasteiger partial charge in [-0.3, -0.25) is 0 Å². The standard InChI is InChI=1S/C18H25BrClN/c1-2-12-21-18(14-8-6-4-3-5-7-9-14)15-10-11-17(20)16(19)13-15/h8,10-11,13,18,21H,2-7,9,12H2,1H3/b14-8+. The van der Waals surface area contributed by atoms with Crippen LogP contribution in [-0.4, -0.2) is 6.54 Å². The molecule has 1 nitrogen and oxygen atoms in total. The van der Waals surface area contributed by atoms with Crippen molar-refractivity contribution >= 4 is 27.5 Å². The second-order valence-corrected chi connectivity index (χ2v) is 7.05. The summed E-state index contributed by atoms with van der Waals surface area (Å²) in [5, 5.41) is 4.50. The molecule has 1 aliphatic carbocycles. The van der Waals surface area contributed by atoms with Gasteiger partial charge >= 0.3 is 0 Å². The molecule has 1 unspecified atom stereocenters. The molecule has 0 heterocycles. The minimum absolute atomic E-state index is 0.330. The van der Waals surface area contributed by atoms with E-state index < -0.39 is 0 Å². The Morgan fingerprint density at radius 2 is 2.05 bits per heavy atom. The summed E-state index contributed by atoms with van der Waals surface area (Å²) in [5.74, 6) is 0. The Balaban J connectivity index is 2.25. The molecule has 1 aromatic rings. The smallest absolute Gasteiger partial charge is 0.0548 e. The van der Waals surface area contributed by atoms with Crippen LogP contribution in [0, 0.1) is 0 Å². The molecule has 0 radical (unpaired) electrons. The summed E-state index contributed by atoms with van der Waals surface area (Å²) in [6, 6.07) is 6.64. The van der Waals surface area contributed by atoms with Gasteiger partial charge in [-0.1, -0.05) is 49.1 Å². The molecule has 21 heavy (non-hydrogen) atoms. The van der Waals surface area contributed by atoms with Crippen molar-refractivity contribution in [1.29, 1.82) is 0 Å². The highest BCUT2D eigenvalue weighted by Crippen LogP contribution is 2.32. The average Bonchev–Trinajstić information content (AvgIpc) is 2.44. The van der Waals surface area contributed by atoms with E-state index in [-0.39, 0.29) is 0 Å². The zero-order valence-electron chi connectivity index (χ0n) is 12.8. The van der Waals surface area contributed by atoms with E-state index in [1.165, 1.54) is 44.1 Å². The average molecular weight is 371 g/mol. The molecule has 0 amide bonds. The van der Waals surface area contributed by atoms with E-state index in [1.807, 2.05) is 6.07 Å². The van der Waals surface area contributed by atoms with Gasteiger partial charge in [0.15, 0.2) is 0 Å². The third-order valence-electron chi connectivity index (χ3n) is 4.07. The van der Waals surface area contributed by atoms with Crippen LogP contribution in [0.3, 0.4) is 0 Å².